The Bertz CT molecular complexity index is 1380. The monoisotopic (exact) mass is 567 g/mol. The second-order valence-corrected chi connectivity index (χ2v) is 12.3. The Balaban J connectivity index is 1.31. The van der Waals surface area contributed by atoms with Crippen LogP contribution in [0.1, 0.15) is 67.7 Å². The number of halogens is 1. The highest BCUT2D eigenvalue weighted by atomic mass is 35.5. The molecule has 2 atom stereocenters. The number of hydrogen-bond donors (Lipinski definition) is 1. The van der Waals surface area contributed by atoms with Crippen LogP contribution in [-0.2, 0) is 19.7 Å². The van der Waals surface area contributed by atoms with Crippen LogP contribution in [0.4, 0.5) is 10.5 Å². The summed E-state index contributed by atoms with van der Waals surface area (Å²) in [5.41, 5.74) is 5.71. The van der Waals surface area contributed by atoms with Crippen molar-refractivity contribution in [2.45, 2.75) is 51.6 Å². The van der Waals surface area contributed by atoms with Crippen molar-refractivity contribution in [2.75, 3.05) is 11.9 Å². The molecule has 2 aliphatic rings. The van der Waals surface area contributed by atoms with E-state index in [0.29, 0.717) is 16.6 Å². The molecule has 1 fully saturated rings. The highest BCUT2D eigenvalue weighted by Crippen LogP contribution is 2.50. The van der Waals surface area contributed by atoms with Gasteiger partial charge in [0.25, 0.3) is 0 Å². The van der Waals surface area contributed by atoms with Crippen LogP contribution in [0.25, 0.3) is 11.1 Å². The van der Waals surface area contributed by atoms with Crippen LogP contribution in [0.3, 0.4) is 0 Å². The minimum atomic E-state index is -0.504. The van der Waals surface area contributed by atoms with E-state index in [2.05, 4.69) is 48.7 Å². The fourth-order valence-corrected chi connectivity index (χ4v) is 6.99. The summed E-state index contributed by atoms with van der Waals surface area (Å²) >= 11 is 9.40. The molecule has 2 aromatic heterocycles. The molecule has 0 radical (unpaired) electrons. The minimum Gasteiger partial charge on any atom is -0.465 e. The first-order valence-electron chi connectivity index (χ1n) is 12.8. The van der Waals surface area contributed by atoms with Gasteiger partial charge in [0.05, 0.1) is 26.9 Å². The van der Waals surface area contributed by atoms with Crippen LogP contribution in [0.5, 0.6) is 0 Å². The average Bonchev–Trinajstić information content (AvgIpc) is 3.36. The smallest absolute Gasteiger partial charge is 0.412 e. The normalized spacial score (nSPS) is 18.7. The van der Waals surface area contributed by atoms with Gasteiger partial charge in [-0.15, -0.1) is 11.3 Å². The predicted octanol–water partition coefficient (Wildman–Crippen LogP) is 8.87. The molecule has 38 heavy (non-hydrogen) atoms. The molecule has 0 aliphatic heterocycles. The minimum absolute atomic E-state index is 0.116. The Morgan fingerprint density at radius 1 is 1.18 bits per heavy atom. The van der Waals surface area contributed by atoms with Crippen molar-refractivity contribution in [3.8, 4) is 0 Å². The molecule has 1 aromatic carbocycles. The van der Waals surface area contributed by atoms with Gasteiger partial charge in [0.2, 0.25) is 0 Å². The lowest BCUT2D eigenvalue weighted by Crippen LogP contribution is -2.23. The molecule has 2 aliphatic carbocycles. The Kier molecular flexibility index (Phi) is 7.80. The van der Waals surface area contributed by atoms with Crippen molar-refractivity contribution in [3.05, 3.63) is 85.2 Å². The van der Waals surface area contributed by atoms with E-state index in [9.17, 15) is 9.59 Å². The number of nitrogens with one attached hydrogen (secondary N) is 1. The number of amides is 1. The van der Waals surface area contributed by atoms with Gasteiger partial charge in [-0.2, -0.15) is 11.3 Å². The first-order valence-corrected chi connectivity index (χ1v) is 14.9. The molecule has 1 unspecified atom stereocenters. The molecule has 1 amide bonds. The van der Waals surface area contributed by atoms with Crippen molar-refractivity contribution < 1.29 is 19.1 Å². The van der Waals surface area contributed by atoms with Crippen molar-refractivity contribution >= 4 is 63.2 Å². The second-order valence-electron chi connectivity index (χ2n) is 9.82. The fourth-order valence-electron chi connectivity index (χ4n) is 4.93. The van der Waals surface area contributed by atoms with E-state index in [-0.39, 0.29) is 18.0 Å². The van der Waals surface area contributed by atoms with Crippen molar-refractivity contribution in [3.63, 3.8) is 0 Å². The standard InChI is InChI=1S/C30H30ClNO4S2/c1-4-35-28(33)30(12-13-30)23-8-5-20(6-9-23)21-7-10-24(18(2)15-21)27-25(16-26(31)38-27)32-29(34)36-19(3)22-11-14-37-17-22/h5-11,14,16-19H,4,12-13,15H2,1-3H3,(H,32,34)/t18?,19-/m1/s1. The lowest BCUT2D eigenvalue weighted by Gasteiger charge is -2.23. The zero-order valence-corrected chi connectivity index (χ0v) is 24.0. The number of allylic oxidation sites excluding steroid dienone is 4. The van der Waals surface area contributed by atoms with E-state index in [0.717, 1.165) is 46.4 Å². The predicted molar refractivity (Wildman–Crippen MR) is 156 cm³/mol. The van der Waals surface area contributed by atoms with Crippen LogP contribution in [0, 0.1) is 5.92 Å². The Labute approximate surface area is 236 Å². The van der Waals surface area contributed by atoms with Crippen LogP contribution in [-0.4, -0.2) is 18.7 Å². The quantitative estimate of drug-likeness (QED) is 0.276. The molecular weight excluding hydrogens is 538 g/mol. The van der Waals surface area contributed by atoms with E-state index in [1.54, 1.807) is 17.4 Å². The summed E-state index contributed by atoms with van der Waals surface area (Å²) in [7, 11) is 0. The van der Waals surface area contributed by atoms with Gasteiger partial charge >= 0.3 is 12.1 Å². The molecule has 5 nitrogen and oxygen atoms in total. The van der Waals surface area contributed by atoms with Gasteiger partial charge in [-0.3, -0.25) is 10.1 Å². The number of carbonyl (C=O) groups excluding carboxylic acids is 2. The first kappa shape index (κ1) is 26.7. The Morgan fingerprint density at radius 2 is 1.95 bits per heavy atom. The topological polar surface area (TPSA) is 64.6 Å². The summed E-state index contributed by atoms with van der Waals surface area (Å²) in [5, 5.41) is 6.83. The molecule has 2 heterocycles. The molecule has 3 aromatic rings. The van der Waals surface area contributed by atoms with Crippen molar-refractivity contribution in [1.29, 1.82) is 0 Å². The van der Waals surface area contributed by atoms with Crippen LogP contribution < -0.4 is 5.32 Å². The summed E-state index contributed by atoms with van der Waals surface area (Å²) in [4.78, 5) is 26.0. The summed E-state index contributed by atoms with van der Waals surface area (Å²) in [6, 6.07) is 12.1. The molecule has 0 spiro atoms. The summed E-state index contributed by atoms with van der Waals surface area (Å²) in [5.74, 6) is 0.106. The molecule has 198 valence electrons. The lowest BCUT2D eigenvalue weighted by atomic mass is 9.84. The zero-order valence-electron chi connectivity index (χ0n) is 21.6. The Morgan fingerprint density at radius 3 is 2.58 bits per heavy atom. The molecule has 1 saturated carbocycles. The molecular formula is C30H30ClNO4S2. The van der Waals surface area contributed by atoms with E-state index < -0.39 is 11.5 Å². The number of carbonyl (C=O) groups is 2. The third kappa shape index (κ3) is 5.46. The third-order valence-corrected chi connectivity index (χ3v) is 9.26. The van der Waals surface area contributed by atoms with E-state index in [1.165, 1.54) is 16.9 Å². The van der Waals surface area contributed by atoms with Gasteiger partial charge in [0, 0.05) is 5.56 Å². The molecule has 5 rings (SSSR count). The van der Waals surface area contributed by atoms with E-state index >= 15 is 0 Å². The van der Waals surface area contributed by atoms with Gasteiger partial charge in [-0.25, -0.2) is 4.79 Å². The number of esters is 1. The first-order chi connectivity index (χ1) is 18.3. The summed E-state index contributed by atoms with van der Waals surface area (Å²) < 4.78 is 11.5. The van der Waals surface area contributed by atoms with Gasteiger partial charge in [0.15, 0.2) is 0 Å². The third-order valence-electron chi connectivity index (χ3n) is 7.24. The van der Waals surface area contributed by atoms with Crippen molar-refractivity contribution in [2.24, 2.45) is 5.92 Å². The molecule has 1 N–H and O–H groups in total. The molecule has 8 heteroatoms. The molecule has 0 bridgehead atoms. The fraction of sp³-hybridized carbons (Fsp3) is 0.333. The van der Waals surface area contributed by atoms with Crippen LogP contribution in [0.2, 0.25) is 4.34 Å². The number of hydrogen-bond acceptors (Lipinski definition) is 6. The van der Waals surface area contributed by atoms with Crippen LogP contribution in [0.15, 0.2) is 59.3 Å². The average molecular weight is 568 g/mol. The summed E-state index contributed by atoms with van der Waals surface area (Å²) in [6.07, 6.45) is 5.95. The van der Waals surface area contributed by atoms with Gasteiger partial charge in [-0.05, 0) is 84.2 Å². The van der Waals surface area contributed by atoms with Gasteiger partial charge in [-0.1, -0.05) is 54.9 Å². The number of thiophene rings is 2. The number of ether oxygens (including phenoxy) is 2. The summed E-state index contributed by atoms with van der Waals surface area (Å²) in [6.45, 7) is 6.29. The second kappa shape index (κ2) is 11.1. The van der Waals surface area contributed by atoms with Gasteiger partial charge < -0.3 is 9.47 Å². The SMILES string of the molecule is CCOC(=O)C1(c2ccc(C3=CC=C(c4sc(Cl)cc4NC(=O)O[C@H](C)c4ccsc4)C(C)C3)cc2)CC1. The Hall–Kier alpha value is -2.87. The zero-order chi connectivity index (χ0) is 26.9. The van der Waals surface area contributed by atoms with E-state index in [1.807, 2.05) is 30.7 Å². The maximum Gasteiger partial charge on any atom is 0.412 e. The number of rotatable bonds is 8. The van der Waals surface area contributed by atoms with E-state index in [4.69, 9.17) is 21.1 Å². The maximum absolute atomic E-state index is 12.6. The number of anilines is 1. The van der Waals surface area contributed by atoms with Gasteiger partial charge in [0.1, 0.15) is 6.10 Å². The highest BCUT2D eigenvalue weighted by Gasteiger charge is 2.52. The molecule has 0 saturated heterocycles. The lowest BCUT2D eigenvalue weighted by molar-refractivity contribution is -0.146. The maximum atomic E-state index is 12.6. The number of benzene rings is 1. The van der Waals surface area contributed by atoms with Crippen LogP contribution >= 0.6 is 34.3 Å². The largest absolute Gasteiger partial charge is 0.465 e. The highest BCUT2D eigenvalue weighted by molar-refractivity contribution is 7.17. The van der Waals surface area contributed by atoms with Crippen molar-refractivity contribution in [1.82, 2.24) is 0 Å².